The first-order valence-electron chi connectivity index (χ1n) is 11.2. The minimum Gasteiger partial charge on any atom is -0.481 e. The third-order valence-corrected chi connectivity index (χ3v) is 5.62. The van der Waals surface area contributed by atoms with E-state index >= 15 is 0 Å². The average molecular weight is 529 g/mol. The molecule has 196 valence electrons. The van der Waals surface area contributed by atoms with Crippen molar-refractivity contribution in [1.82, 2.24) is 24.5 Å². The van der Waals surface area contributed by atoms with Crippen molar-refractivity contribution in [2.24, 2.45) is 7.05 Å². The Balaban J connectivity index is 1.72. The number of methoxy groups -OCH3 is 1. The molecule has 5 aromatic rings. The van der Waals surface area contributed by atoms with Crippen LogP contribution in [-0.4, -0.2) is 51.3 Å². The Bertz CT molecular complexity index is 1690. The molecule has 0 unspecified atom stereocenters. The van der Waals surface area contributed by atoms with Crippen LogP contribution in [0, 0.1) is 0 Å². The molecule has 0 aliphatic heterocycles. The smallest absolute Gasteiger partial charge is 0.387 e. The Morgan fingerprint density at radius 3 is 2.37 bits per heavy atom. The van der Waals surface area contributed by atoms with Gasteiger partial charge in [0.05, 0.1) is 29.3 Å². The summed E-state index contributed by atoms with van der Waals surface area (Å²) in [6.45, 7) is -3.90. The highest BCUT2D eigenvalue weighted by atomic mass is 19.3. The molecule has 0 aliphatic rings. The minimum atomic E-state index is -3.02. The van der Waals surface area contributed by atoms with Gasteiger partial charge in [-0.2, -0.15) is 23.7 Å². The molecule has 38 heavy (non-hydrogen) atoms. The second-order valence-electron chi connectivity index (χ2n) is 8.05. The molecule has 0 fully saturated rings. The molecule has 0 radical (unpaired) electrons. The molecule has 0 saturated carbocycles. The summed E-state index contributed by atoms with van der Waals surface area (Å²) in [7, 11) is 3.22. The van der Waals surface area contributed by atoms with Crippen LogP contribution in [0.4, 0.5) is 17.6 Å². The Morgan fingerprint density at radius 2 is 1.68 bits per heavy atom. The van der Waals surface area contributed by atoms with E-state index in [4.69, 9.17) is 9.47 Å². The lowest BCUT2D eigenvalue weighted by Crippen LogP contribution is -2.23. The Morgan fingerprint density at radius 1 is 0.947 bits per heavy atom. The zero-order chi connectivity index (χ0) is 27.0. The molecule has 0 spiro atoms. The first-order valence-corrected chi connectivity index (χ1v) is 11.2. The third kappa shape index (κ3) is 4.69. The van der Waals surface area contributed by atoms with Gasteiger partial charge in [0.25, 0.3) is 12.0 Å². The number of fused-ring (bicyclic) bond motifs is 2. The maximum absolute atomic E-state index is 13.8. The minimum absolute atomic E-state index is 0.0549. The van der Waals surface area contributed by atoms with E-state index in [1.54, 1.807) is 29.9 Å². The summed E-state index contributed by atoms with van der Waals surface area (Å²) in [6, 6.07) is 13.3. The van der Waals surface area contributed by atoms with Crippen LogP contribution in [0.2, 0.25) is 0 Å². The fraction of sp³-hybridized carbons (Fsp3) is 0.200. The van der Waals surface area contributed by atoms with Gasteiger partial charge >= 0.3 is 6.61 Å². The molecule has 0 N–H and O–H groups in total. The summed E-state index contributed by atoms with van der Waals surface area (Å²) >= 11 is 0. The summed E-state index contributed by atoms with van der Waals surface area (Å²) in [5, 5.41) is 9.45. The van der Waals surface area contributed by atoms with E-state index in [2.05, 4.69) is 19.9 Å². The maximum Gasteiger partial charge on any atom is 0.387 e. The lowest BCUT2D eigenvalue weighted by atomic mass is 10.1. The SMILES string of the molecule is COc1c2cc(-n3nc4ccc(OCC(F)F)nc4c(-c4ccc(OC(F)F)cc4)c3=O)ccc2nn1C. The zero-order valence-electron chi connectivity index (χ0n) is 19.9. The van der Waals surface area contributed by atoms with Crippen LogP contribution in [0.1, 0.15) is 0 Å². The van der Waals surface area contributed by atoms with Gasteiger partial charge in [-0.3, -0.25) is 4.79 Å². The highest BCUT2D eigenvalue weighted by Gasteiger charge is 2.19. The van der Waals surface area contributed by atoms with Crippen LogP contribution in [0.15, 0.2) is 59.4 Å². The number of hydrogen-bond donors (Lipinski definition) is 0. The molecule has 0 bridgehead atoms. The van der Waals surface area contributed by atoms with Gasteiger partial charge in [0, 0.05) is 13.1 Å². The van der Waals surface area contributed by atoms with Crippen LogP contribution in [0.3, 0.4) is 0 Å². The Kier molecular flexibility index (Phi) is 6.57. The number of hydrogen-bond acceptors (Lipinski definition) is 7. The summed E-state index contributed by atoms with van der Waals surface area (Å²) in [6.07, 6.45) is -2.72. The van der Waals surface area contributed by atoms with Gasteiger partial charge in [0.15, 0.2) is 6.61 Å². The van der Waals surface area contributed by atoms with Crippen molar-refractivity contribution in [3.63, 3.8) is 0 Å². The van der Waals surface area contributed by atoms with Crippen molar-refractivity contribution >= 4 is 21.9 Å². The number of rotatable bonds is 8. The quantitative estimate of drug-likeness (QED) is 0.272. The van der Waals surface area contributed by atoms with Crippen LogP contribution in [0.25, 0.3) is 38.8 Å². The number of aryl methyl sites for hydroxylation is 1. The summed E-state index contributed by atoms with van der Waals surface area (Å²) in [5.74, 6) is 0.246. The predicted molar refractivity (Wildman–Crippen MR) is 130 cm³/mol. The topological polar surface area (TPSA) is 93.3 Å². The normalized spacial score (nSPS) is 11.6. The summed E-state index contributed by atoms with van der Waals surface area (Å²) in [4.78, 5) is 18.1. The highest BCUT2D eigenvalue weighted by molar-refractivity contribution is 5.91. The molecule has 0 saturated heterocycles. The Labute approximate surface area is 211 Å². The van der Waals surface area contributed by atoms with Gasteiger partial charge in [-0.15, -0.1) is 0 Å². The highest BCUT2D eigenvalue weighted by Crippen LogP contribution is 2.30. The fourth-order valence-electron chi connectivity index (χ4n) is 4.06. The van der Waals surface area contributed by atoms with Crippen molar-refractivity contribution in [3.05, 3.63) is 65.0 Å². The van der Waals surface area contributed by atoms with Crippen LogP contribution >= 0.6 is 0 Å². The van der Waals surface area contributed by atoms with E-state index in [0.717, 1.165) is 4.68 Å². The summed E-state index contributed by atoms with van der Waals surface area (Å²) < 4.78 is 68.2. The number of halogens is 4. The number of benzene rings is 2. The van der Waals surface area contributed by atoms with Crippen molar-refractivity contribution in [2.75, 3.05) is 13.7 Å². The van der Waals surface area contributed by atoms with Gasteiger partial charge in [-0.05, 0) is 42.0 Å². The number of alkyl halides is 4. The third-order valence-electron chi connectivity index (χ3n) is 5.62. The van der Waals surface area contributed by atoms with Gasteiger partial charge in [-0.1, -0.05) is 12.1 Å². The number of pyridine rings is 1. The molecule has 3 heterocycles. The van der Waals surface area contributed by atoms with E-state index in [0.29, 0.717) is 28.0 Å². The van der Waals surface area contributed by atoms with Gasteiger partial charge < -0.3 is 14.2 Å². The van der Waals surface area contributed by atoms with Crippen LogP contribution < -0.4 is 19.8 Å². The lowest BCUT2D eigenvalue weighted by molar-refractivity contribution is -0.0498. The Hall–Kier alpha value is -4.68. The molecule has 13 heteroatoms. The zero-order valence-corrected chi connectivity index (χ0v) is 19.9. The molecule has 5 rings (SSSR count). The maximum atomic E-state index is 13.8. The predicted octanol–water partition coefficient (Wildman–Crippen LogP) is 4.59. The average Bonchev–Trinajstić information content (AvgIpc) is 3.21. The van der Waals surface area contributed by atoms with E-state index in [1.165, 1.54) is 43.5 Å². The second kappa shape index (κ2) is 10.00. The number of aromatic nitrogens is 5. The molecule has 0 amide bonds. The van der Waals surface area contributed by atoms with Crippen molar-refractivity contribution in [1.29, 1.82) is 0 Å². The second-order valence-corrected chi connectivity index (χ2v) is 8.05. The molecular formula is C25H19F4N5O4. The van der Waals surface area contributed by atoms with Crippen molar-refractivity contribution in [3.8, 4) is 34.3 Å². The van der Waals surface area contributed by atoms with Crippen LogP contribution in [-0.2, 0) is 7.05 Å². The van der Waals surface area contributed by atoms with Crippen LogP contribution in [0.5, 0.6) is 17.5 Å². The molecular weight excluding hydrogens is 510 g/mol. The number of ether oxygens (including phenoxy) is 3. The first-order chi connectivity index (χ1) is 18.2. The lowest BCUT2D eigenvalue weighted by Gasteiger charge is -2.13. The van der Waals surface area contributed by atoms with E-state index in [1.807, 2.05) is 0 Å². The largest absolute Gasteiger partial charge is 0.481 e. The fourth-order valence-corrected chi connectivity index (χ4v) is 4.06. The number of nitrogens with zero attached hydrogens (tertiary/aromatic N) is 5. The molecule has 3 aromatic heterocycles. The molecule has 9 nitrogen and oxygen atoms in total. The monoisotopic (exact) mass is 529 g/mol. The van der Waals surface area contributed by atoms with E-state index in [-0.39, 0.29) is 28.2 Å². The van der Waals surface area contributed by atoms with Gasteiger partial charge in [-0.25, -0.2) is 18.4 Å². The van der Waals surface area contributed by atoms with Crippen molar-refractivity contribution in [2.45, 2.75) is 13.0 Å². The molecule has 0 atom stereocenters. The molecule has 0 aliphatic carbocycles. The summed E-state index contributed by atoms with van der Waals surface area (Å²) in [5.41, 5.74) is 1.15. The first kappa shape index (κ1) is 25.0. The van der Waals surface area contributed by atoms with E-state index < -0.39 is 25.2 Å². The van der Waals surface area contributed by atoms with Crippen molar-refractivity contribution < 1.29 is 31.8 Å². The standard InChI is InChI=1S/C25H19F4N5O4/c1-33-24(36-2)16-11-14(5-8-17(16)31-33)34-23(35)21(13-3-6-15(7-4-13)38-25(28)29)22-18(32-34)9-10-20(30-22)37-12-19(26)27/h3-11,19,25H,12H2,1-2H3. The van der Waals surface area contributed by atoms with Gasteiger partial charge in [0.1, 0.15) is 16.8 Å². The molecule has 2 aromatic carbocycles. The van der Waals surface area contributed by atoms with E-state index in [9.17, 15) is 22.4 Å². The van der Waals surface area contributed by atoms with Gasteiger partial charge in [0.2, 0.25) is 11.8 Å².